The number of aryl methyl sites for hydroxylation is 1. The molecule has 2 aromatic carbocycles. The minimum absolute atomic E-state index is 0.0213. The monoisotopic (exact) mass is 1150 g/mol. The number of aromatic nitrogens is 4. The lowest BCUT2D eigenvalue weighted by Crippen LogP contribution is -2.58. The van der Waals surface area contributed by atoms with Crippen LogP contribution in [0, 0.1) is 12.3 Å². The lowest BCUT2D eigenvalue weighted by atomic mass is 9.85. The molecule has 3 aliphatic rings. The van der Waals surface area contributed by atoms with E-state index in [2.05, 4.69) is 75.7 Å². The molecule has 81 heavy (non-hydrogen) atoms. The number of likely N-dealkylation sites (tertiary alicyclic amines) is 1. The van der Waals surface area contributed by atoms with E-state index in [0.29, 0.717) is 51.5 Å². The van der Waals surface area contributed by atoms with Crippen molar-refractivity contribution in [1.29, 1.82) is 0 Å². The van der Waals surface area contributed by atoms with Crippen LogP contribution in [0.15, 0.2) is 66.4 Å². The van der Waals surface area contributed by atoms with Gasteiger partial charge in [-0.2, -0.15) is 18.2 Å². The third kappa shape index (κ3) is 17.9. The van der Waals surface area contributed by atoms with Gasteiger partial charge in [0.2, 0.25) is 23.7 Å². The Morgan fingerprint density at radius 3 is 2.06 bits per heavy atom. The average molecular weight is 1150 g/mol. The number of alkyl halides is 3. The Labute approximate surface area is 475 Å². The van der Waals surface area contributed by atoms with Gasteiger partial charge in [-0.15, -0.1) is 11.3 Å². The minimum Gasteiger partial charge on any atom is -0.393 e. The molecule has 0 spiro atoms. The van der Waals surface area contributed by atoms with E-state index >= 15 is 0 Å². The number of β-amino-alcohol motifs (C(OH)–C–C–N with tert-alkyl or cyclic N) is 1. The lowest BCUT2D eigenvalue weighted by Gasteiger charge is -2.35. The van der Waals surface area contributed by atoms with Gasteiger partial charge in [-0.05, 0) is 60.3 Å². The smallest absolute Gasteiger partial charge is 0.390 e. The number of halogens is 3. The lowest BCUT2D eigenvalue weighted by molar-refractivity contribution is -0.144. The van der Waals surface area contributed by atoms with Crippen molar-refractivity contribution in [1.82, 2.24) is 44.9 Å². The Kier molecular flexibility index (Phi) is 22.0. The maximum absolute atomic E-state index is 14.0. The predicted octanol–water partition coefficient (Wildman–Crippen LogP) is 6.36. The van der Waals surface area contributed by atoms with E-state index in [1.165, 1.54) is 10.5 Å². The summed E-state index contributed by atoms with van der Waals surface area (Å²) in [4.78, 5) is 61.1. The number of ether oxygens (including phenoxy) is 4. The minimum atomic E-state index is -4.28. The molecule has 2 aliphatic heterocycles. The molecule has 442 valence electrons. The molecule has 2 saturated heterocycles. The van der Waals surface area contributed by atoms with Gasteiger partial charge in [-0.25, -0.2) is 9.97 Å². The Bertz CT molecular complexity index is 2800. The maximum atomic E-state index is 14.0. The van der Waals surface area contributed by atoms with Crippen LogP contribution in [0.1, 0.15) is 82.2 Å². The van der Waals surface area contributed by atoms with Crippen LogP contribution < -0.4 is 16.0 Å². The summed E-state index contributed by atoms with van der Waals surface area (Å²) < 4.78 is 63.3. The van der Waals surface area contributed by atoms with Crippen molar-refractivity contribution in [2.24, 2.45) is 5.41 Å². The third-order valence-corrected chi connectivity index (χ3v) is 16.0. The molecular weight excluding hydrogens is 1070 g/mol. The second kappa shape index (κ2) is 29.1. The molecule has 3 aromatic heterocycles. The first-order chi connectivity index (χ1) is 38.9. The molecule has 23 heteroatoms. The van der Waals surface area contributed by atoms with Crippen molar-refractivity contribution in [2.75, 3.05) is 104 Å². The standard InChI is InChI=1S/C58H79F3N10O9S/c1-39-51(81-38-65-39)43-11-5-40(6-12-43)32-63-54(75)49-31-46(73)35-71(49)55(76)52(57(2,3)4)66-50(74)37-80-30-29-79-28-27-78-26-25-77-24-23-68-19-21-69(22-20-68)34-41-7-9-42(10-8-41)48-36-70(44-13-15-45(72)16-14-44)53-47(48)33-64-56(67-53)62-18-17-58(59,60)61/h5-12,33,36,38,44-46,49,52,72-73H,13-32,34-35,37H2,1-4H3,(H,63,75)(H,66,74)(H,62,64,67)/t44-,45-,46-,49+,52-/m1/s1. The number of nitrogens with one attached hydrogen (secondary N) is 3. The molecule has 1 saturated carbocycles. The van der Waals surface area contributed by atoms with Crippen molar-refractivity contribution in [2.45, 2.75) is 116 Å². The number of carbonyl (C=O) groups excluding carboxylic acids is 3. The van der Waals surface area contributed by atoms with Gasteiger partial charge < -0.3 is 54.6 Å². The van der Waals surface area contributed by atoms with E-state index in [0.717, 1.165) is 90.3 Å². The second-order valence-electron chi connectivity index (χ2n) is 22.3. The molecule has 0 bridgehead atoms. The number of thiazole rings is 1. The predicted molar refractivity (Wildman–Crippen MR) is 302 cm³/mol. The van der Waals surface area contributed by atoms with Crippen LogP contribution in [0.2, 0.25) is 0 Å². The zero-order valence-corrected chi connectivity index (χ0v) is 47.7. The highest BCUT2D eigenvalue weighted by atomic mass is 32.1. The van der Waals surface area contributed by atoms with Crippen LogP contribution in [0.25, 0.3) is 32.6 Å². The normalized spacial score (nSPS) is 19.7. The molecule has 3 amide bonds. The van der Waals surface area contributed by atoms with Crippen LogP contribution in [-0.4, -0.2) is 191 Å². The van der Waals surface area contributed by atoms with Crippen molar-refractivity contribution >= 4 is 46.0 Å². The molecule has 19 nitrogen and oxygen atoms in total. The molecule has 1 aliphatic carbocycles. The number of aliphatic hydroxyl groups excluding tert-OH is 2. The van der Waals surface area contributed by atoms with Gasteiger partial charge >= 0.3 is 6.18 Å². The van der Waals surface area contributed by atoms with Crippen LogP contribution >= 0.6 is 11.3 Å². The zero-order chi connectivity index (χ0) is 57.5. The number of amides is 3. The van der Waals surface area contributed by atoms with Gasteiger partial charge in [-0.1, -0.05) is 69.3 Å². The molecule has 3 atom stereocenters. The molecule has 5 N–H and O–H groups in total. The summed E-state index contributed by atoms with van der Waals surface area (Å²) in [5.74, 6) is -1.15. The summed E-state index contributed by atoms with van der Waals surface area (Å²) in [6.07, 6.45) is 0.339. The first kappa shape index (κ1) is 61.4. The number of aliphatic hydroxyl groups is 2. The summed E-state index contributed by atoms with van der Waals surface area (Å²) in [6, 6.07) is 14.6. The molecule has 0 radical (unpaired) electrons. The Morgan fingerprint density at radius 2 is 1.42 bits per heavy atom. The van der Waals surface area contributed by atoms with Crippen LogP contribution in [-0.2, 0) is 46.4 Å². The van der Waals surface area contributed by atoms with Gasteiger partial charge in [0.25, 0.3) is 0 Å². The summed E-state index contributed by atoms with van der Waals surface area (Å²) >= 11 is 1.57. The highest BCUT2D eigenvalue weighted by molar-refractivity contribution is 7.13. The number of hydrogen-bond donors (Lipinski definition) is 5. The number of fused-ring (bicyclic) bond motifs is 1. The first-order valence-corrected chi connectivity index (χ1v) is 29.0. The highest BCUT2D eigenvalue weighted by Crippen LogP contribution is 2.37. The maximum Gasteiger partial charge on any atom is 0.390 e. The van der Waals surface area contributed by atoms with E-state index in [1.807, 2.05) is 57.5 Å². The fraction of sp³-hybridized carbons (Fsp3) is 0.586. The van der Waals surface area contributed by atoms with Crippen molar-refractivity contribution < 1.29 is 56.7 Å². The second-order valence-corrected chi connectivity index (χ2v) is 23.1. The van der Waals surface area contributed by atoms with E-state index < -0.39 is 48.0 Å². The number of piperazine rings is 1. The number of anilines is 1. The summed E-state index contributed by atoms with van der Waals surface area (Å²) in [7, 11) is 0. The van der Waals surface area contributed by atoms with Crippen molar-refractivity contribution in [3.05, 3.63) is 83.3 Å². The molecule has 5 aromatic rings. The van der Waals surface area contributed by atoms with E-state index in [4.69, 9.17) is 18.9 Å². The zero-order valence-electron chi connectivity index (χ0n) is 46.9. The molecule has 8 rings (SSSR count). The van der Waals surface area contributed by atoms with Gasteiger partial charge in [0.05, 0.1) is 81.0 Å². The molecule has 5 heterocycles. The number of hydrogen-bond acceptors (Lipinski definition) is 16. The van der Waals surface area contributed by atoms with Crippen molar-refractivity contribution in [3.63, 3.8) is 0 Å². The van der Waals surface area contributed by atoms with E-state index in [9.17, 15) is 37.8 Å². The summed E-state index contributed by atoms with van der Waals surface area (Å²) in [5.41, 5.74) is 7.84. The Balaban J connectivity index is 0.658. The fourth-order valence-electron chi connectivity index (χ4n) is 10.5. The number of benzene rings is 2. The van der Waals surface area contributed by atoms with E-state index in [1.54, 1.807) is 17.5 Å². The van der Waals surface area contributed by atoms with Crippen molar-refractivity contribution in [3.8, 4) is 21.6 Å². The quantitative estimate of drug-likeness (QED) is 0.0362. The van der Waals surface area contributed by atoms with Crippen LogP contribution in [0.4, 0.5) is 19.1 Å². The van der Waals surface area contributed by atoms with E-state index in [-0.39, 0.29) is 69.9 Å². The van der Waals surface area contributed by atoms with Gasteiger partial charge in [0.15, 0.2) is 0 Å². The fourth-order valence-corrected chi connectivity index (χ4v) is 11.3. The first-order valence-electron chi connectivity index (χ1n) is 28.1. The Hall–Kier alpha value is -5.63. The average Bonchev–Trinajstić information content (AvgIpc) is 4.19. The van der Waals surface area contributed by atoms with Gasteiger partial charge in [0.1, 0.15) is 24.3 Å². The number of carbonyl (C=O) groups is 3. The topological polar surface area (TPSA) is 218 Å². The third-order valence-electron chi connectivity index (χ3n) is 15.1. The van der Waals surface area contributed by atoms with Crippen LogP contribution in [0.3, 0.4) is 0 Å². The highest BCUT2D eigenvalue weighted by Gasteiger charge is 2.44. The molecule has 3 fully saturated rings. The van der Waals surface area contributed by atoms with Crippen LogP contribution in [0.5, 0.6) is 0 Å². The molecular formula is C58H79F3N10O9S. The number of nitrogens with zero attached hydrogens (tertiary/aromatic N) is 7. The SMILES string of the molecule is Cc1ncsc1-c1ccc(CNC(=O)[C@@H]2C[C@@H](O)CN2C(=O)[C@@H](NC(=O)COCCOCCOCCOCCN2CCN(Cc3ccc(-c4cn([C@H]5CC[C@H](O)CC5)c5nc(NCCC(F)(F)F)ncc45)cc3)CC2)C(C)(C)C)cc1. The largest absolute Gasteiger partial charge is 0.393 e. The summed E-state index contributed by atoms with van der Waals surface area (Å²) in [5, 5.41) is 30.0. The Morgan fingerprint density at radius 1 is 0.790 bits per heavy atom. The van der Waals surface area contributed by atoms with Gasteiger partial charge in [-0.3, -0.25) is 24.2 Å². The number of rotatable bonds is 27. The van der Waals surface area contributed by atoms with Gasteiger partial charge in [0, 0.05) is 94.7 Å². The molecule has 0 unspecified atom stereocenters. The summed E-state index contributed by atoms with van der Waals surface area (Å²) in [6.45, 7) is 15.1.